The van der Waals surface area contributed by atoms with Crippen LogP contribution in [0.3, 0.4) is 0 Å². The van der Waals surface area contributed by atoms with Gasteiger partial charge in [0.05, 0.1) is 17.9 Å². The number of carboxylic acids is 1. The zero-order chi connectivity index (χ0) is 23.1. The van der Waals surface area contributed by atoms with E-state index in [0.717, 1.165) is 40.9 Å². The number of carbonyl (C=O) groups is 3. The number of rotatable bonds is 7. The minimum absolute atomic E-state index is 0.122. The second kappa shape index (κ2) is 8.46. The maximum Gasteiger partial charge on any atom is 0.340 e. The summed E-state index contributed by atoms with van der Waals surface area (Å²) in [6, 6.07) is 6.55. The number of nitrogens with zero attached hydrogens (tertiary/aromatic N) is 1. The fraction of sp³-hybridized carbons (Fsp3) is 0.316. The van der Waals surface area contributed by atoms with E-state index in [2.05, 4.69) is 5.32 Å². The molecule has 2 aliphatic heterocycles. The number of carboxylic acid groups (broad SMARTS) is 1. The molecule has 0 spiro atoms. The van der Waals surface area contributed by atoms with Crippen LogP contribution in [0.4, 0.5) is 4.39 Å². The average molecular weight is 501 g/mol. The predicted octanol–water partition coefficient (Wildman–Crippen LogP) is 1.06. The molecule has 1 aromatic heterocycles. The Kier molecular flexibility index (Phi) is 6.00. The first-order valence-electron chi connectivity index (χ1n) is 9.30. The average Bonchev–Trinajstić information content (AvgIpc) is 3.25. The van der Waals surface area contributed by atoms with Crippen LogP contribution >= 0.6 is 23.1 Å². The molecular formula is C19H17FN2O7S3. The first kappa shape index (κ1) is 22.7. The normalized spacial score (nSPS) is 25.0. The molecule has 1 aromatic carbocycles. The van der Waals surface area contributed by atoms with Gasteiger partial charge in [-0.3, -0.25) is 9.59 Å². The van der Waals surface area contributed by atoms with Crippen molar-refractivity contribution >= 4 is 51.0 Å². The van der Waals surface area contributed by atoms with Gasteiger partial charge in [0.2, 0.25) is 17.4 Å². The number of hydrogen-bond donors (Lipinski definition) is 2. The molecule has 0 radical (unpaired) electrons. The fourth-order valence-electron chi connectivity index (χ4n) is 3.42. The van der Waals surface area contributed by atoms with Crippen molar-refractivity contribution in [2.75, 3.05) is 12.3 Å². The summed E-state index contributed by atoms with van der Waals surface area (Å²) in [5, 5.41) is 13.7. The molecule has 4 rings (SSSR count). The SMILES string of the molecule is O=C(Cc1cccs1)NC1C(=O)N2CC(OS(=O)(=O)c3ccc(F)cc3)(C(=O)O)CS[C@H]12. The van der Waals surface area contributed by atoms with Crippen molar-refractivity contribution in [2.24, 2.45) is 0 Å². The van der Waals surface area contributed by atoms with Crippen LogP contribution in [0.15, 0.2) is 46.7 Å². The maximum atomic E-state index is 13.1. The van der Waals surface area contributed by atoms with Gasteiger partial charge >= 0.3 is 5.97 Å². The zero-order valence-corrected chi connectivity index (χ0v) is 18.7. The Labute approximate surface area is 190 Å². The number of β-lactam (4-membered cyclic amide) rings is 1. The summed E-state index contributed by atoms with van der Waals surface area (Å²) in [5.41, 5.74) is -2.21. The summed E-state index contributed by atoms with van der Waals surface area (Å²) in [6.45, 7) is -0.503. The Balaban J connectivity index is 1.45. The topological polar surface area (TPSA) is 130 Å². The second-order valence-corrected chi connectivity index (χ2v) is 10.9. The summed E-state index contributed by atoms with van der Waals surface area (Å²) in [4.78, 5) is 38.4. The van der Waals surface area contributed by atoms with Gasteiger partial charge in [-0.15, -0.1) is 23.1 Å². The number of thiophene rings is 1. The van der Waals surface area contributed by atoms with Gasteiger partial charge in [0.25, 0.3) is 10.1 Å². The molecule has 0 bridgehead atoms. The van der Waals surface area contributed by atoms with Gasteiger partial charge in [0.15, 0.2) is 0 Å². The van der Waals surface area contributed by atoms with Crippen LogP contribution in [0.1, 0.15) is 4.88 Å². The molecule has 2 saturated heterocycles. The van der Waals surface area contributed by atoms with E-state index in [0.29, 0.717) is 0 Å². The summed E-state index contributed by atoms with van der Waals surface area (Å²) in [5.74, 6) is -3.33. The molecular weight excluding hydrogens is 483 g/mol. The fourth-order valence-corrected chi connectivity index (χ4v) is 6.82. The molecule has 32 heavy (non-hydrogen) atoms. The highest BCUT2D eigenvalue weighted by molar-refractivity contribution is 8.00. The van der Waals surface area contributed by atoms with Crippen molar-refractivity contribution in [3.63, 3.8) is 0 Å². The van der Waals surface area contributed by atoms with Crippen LogP contribution in [0.25, 0.3) is 0 Å². The molecule has 0 aliphatic carbocycles. The molecule has 2 amide bonds. The summed E-state index contributed by atoms with van der Waals surface area (Å²) in [7, 11) is -4.54. The van der Waals surface area contributed by atoms with E-state index in [1.165, 1.54) is 16.2 Å². The quantitative estimate of drug-likeness (QED) is 0.426. The van der Waals surface area contributed by atoms with Crippen molar-refractivity contribution in [1.82, 2.24) is 10.2 Å². The van der Waals surface area contributed by atoms with E-state index in [-0.39, 0.29) is 18.1 Å². The van der Waals surface area contributed by atoms with E-state index in [9.17, 15) is 32.3 Å². The van der Waals surface area contributed by atoms with Crippen LogP contribution in [0.2, 0.25) is 0 Å². The van der Waals surface area contributed by atoms with Crippen molar-refractivity contribution in [3.8, 4) is 0 Å². The lowest BCUT2D eigenvalue weighted by atomic mass is 9.99. The number of fused-ring (bicyclic) bond motifs is 1. The van der Waals surface area contributed by atoms with Crippen molar-refractivity contribution in [2.45, 2.75) is 28.3 Å². The van der Waals surface area contributed by atoms with Gasteiger partial charge in [-0.2, -0.15) is 8.42 Å². The third-order valence-corrected chi connectivity index (χ3v) is 8.81. The Morgan fingerprint density at radius 1 is 1.28 bits per heavy atom. The standard InChI is InChI=1S/C19H17FN2O7S3/c20-11-3-5-13(6-4-11)32(27,28)29-19(18(25)26)9-22-16(24)15(17(22)31-10-19)21-14(23)8-12-2-1-7-30-12/h1-7,15,17H,8-10H2,(H,21,23)(H,25,26)/t15?,17-,19?/m1/s1. The lowest BCUT2D eigenvalue weighted by molar-refractivity contribution is -0.164. The predicted molar refractivity (Wildman–Crippen MR) is 113 cm³/mol. The van der Waals surface area contributed by atoms with E-state index >= 15 is 0 Å². The summed E-state index contributed by atoms with van der Waals surface area (Å²) >= 11 is 2.42. The highest BCUT2D eigenvalue weighted by atomic mass is 32.2. The monoisotopic (exact) mass is 500 g/mol. The Bertz CT molecular complexity index is 1150. The molecule has 0 saturated carbocycles. The Morgan fingerprint density at radius 2 is 2.00 bits per heavy atom. The molecule has 13 heteroatoms. The number of nitrogens with one attached hydrogen (secondary N) is 1. The molecule has 2 aliphatic rings. The Hall–Kier alpha value is -2.48. The van der Waals surface area contributed by atoms with E-state index < -0.39 is 56.3 Å². The number of carbonyl (C=O) groups excluding carboxylic acids is 2. The number of halogens is 1. The minimum Gasteiger partial charge on any atom is -0.479 e. The van der Waals surface area contributed by atoms with E-state index in [1.807, 2.05) is 11.4 Å². The lowest BCUT2D eigenvalue weighted by Gasteiger charge is -2.53. The van der Waals surface area contributed by atoms with Gasteiger partial charge in [0.1, 0.15) is 17.2 Å². The zero-order valence-electron chi connectivity index (χ0n) is 16.3. The van der Waals surface area contributed by atoms with Gasteiger partial charge in [-0.05, 0) is 35.7 Å². The van der Waals surface area contributed by atoms with Gasteiger partial charge in [0, 0.05) is 10.6 Å². The molecule has 2 aromatic rings. The smallest absolute Gasteiger partial charge is 0.340 e. The molecule has 170 valence electrons. The molecule has 3 atom stereocenters. The lowest BCUT2D eigenvalue weighted by Crippen LogP contribution is -2.75. The van der Waals surface area contributed by atoms with Crippen LogP contribution in [0, 0.1) is 5.82 Å². The van der Waals surface area contributed by atoms with Crippen molar-refractivity contribution in [3.05, 3.63) is 52.5 Å². The van der Waals surface area contributed by atoms with E-state index in [4.69, 9.17) is 4.18 Å². The van der Waals surface area contributed by atoms with Gasteiger partial charge < -0.3 is 15.3 Å². The molecule has 3 heterocycles. The van der Waals surface area contributed by atoms with Crippen LogP contribution in [-0.2, 0) is 35.1 Å². The third-order valence-electron chi connectivity index (χ3n) is 5.05. The van der Waals surface area contributed by atoms with Crippen molar-refractivity contribution < 1.29 is 36.5 Å². The minimum atomic E-state index is -4.54. The number of amides is 2. The molecule has 2 fully saturated rings. The first-order valence-corrected chi connectivity index (χ1v) is 12.6. The van der Waals surface area contributed by atoms with Crippen LogP contribution in [-0.4, -0.2) is 65.5 Å². The first-order chi connectivity index (χ1) is 15.1. The molecule has 2 N–H and O–H groups in total. The second-order valence-electron chi connectivity index (χ2n) is 7.26. The van der Waals surface area contributed by atoms with Crippen LogP contribution in [0.5, 0.6) is 0 Å². The number of aliphatic carboxylic acids is 1. The maximum absolute atomic E-state index is 13.1. The highest BCUT2D eigenvalue weighted by Gasteiger charge is 2.59. The summed E-state index contributed by atoms with van der Waals surface area (Å²) in [6.07, 6.45) is 0.122. The van der Waals surface area contributed by atoms with Crippen LogP contribution < -0.4 is 5.32 Å². The Morgan fingerprint density at radius 3 is 2.62 bits per heavy atom. The number of benzene rings is 1. The number of hydrogen-bond acceptors (Lipinski definition) is 8. The largest absolute Gasteiger partial charge is 0.479 e. The molecule has 2 unspecified atom stereocenters. The highest BCUT2D eigenvalue weighted by Crippen LogP contribution is 2.41. The van der Waals surface area contributed by atoms with Gasteiger partial charge in [-0.25, -0.2) is 13.4 Å². The van der Waals surface area contributed by atoms with Crippen molar-refractivity contribution in [1.29, 1.82) is 0 Å². The van der Waals surface area contributed by atoms with Gasteiger partial charge in [-0.1, -0.05) is 6.07 Å². The third kappa shape index (κ3) is 4.25. The number of thioether (sulfide) groups is 1. The van der Waals surface area contributed by atoms with E-state index in [1.54, 1.807) is 6.07 Å². The molecule has 9 nitrogen and oxygen atoms in total. The summed E-state index contributed by atoms with van der Waals surface area (Å²) < 4.78 is 43.4.